The summed E-state index contributed by atoms with van der Waals surface area (Å²) in [7, 11) is 0. The highest BCUT2D eigenvalue weighted by atomic mass is 35.5. The van der Waals surface area contributed by atoms with Crippen molar-refractivity contribution in [3.63, 3.8) is 0 Å². The summed E-state index contributed by atoms with van der Waals surface area (Å²) in [6.45, 7) is 0. The summed E-state index contributed by atoms with van der Waals surface area (Å²) in [6, 6.07) is 4.28. The summed E-state index contributed by atoms with van der Waals surface area (Å²) in [5.74, 6) is 0.0411. The van der Waals surface area contributed by atoms with Gasteiger partial charge in [0.2, 0.25) is 0 Å². The maximum Gasteiger partial charge on any atom is 0.273 e. The molecule has 1 amide bonds. The van der Waals surface area contributed by atoms with Crippen LogP contribution >= 0.6 is 11.6 Å². The summed E-state index contributed by atoms with van der Waals surface area (Å²) in [4.78, 5) is 18.2. The maximum atomic E-state index is 12.1. The molecule has 2 aliphatic rings. The Hall–Kier alpha value is -1.09. The first-order valence-electron chi connectivity index (χ1n) is 5.71. The molecule has 1 saturated carbocycles. The van der Waals surface area contributed by atoms with Crippen LogP contribution < -0.4 is 0 Å². The molecule has 0 N–H and O–H groups in total. The lowest BCUT2D eigenvalue weighted by Gasteiger charge is -2.02. The van der Waals surface area contributed by atoms with E-state index in [9.17, 15) is 4.79 Å². The summed E-state index contributed by atoms with van der Waals surface area (Å²) < 4.78 is 0. The second-order valence-electron chi connectivity index (χ2n) is 4.49. The first kappa shape index (κ1) is 10.1. The summed E-state index contributed by atoms with van der Waals surface area (Å²) >= 11 is 5.86. The highest BCUT2D eigenvalue weighted by molar-refractivity contribution is 6.30. The molecule has 0 unspecified atom stereocenters. The minimum atomic E-state index is 0.0411. The number of fused-ring (bicyclic) bond motifs is 1. The van der Waals surface area contributed by atoms with Gasteiger partial charge in [0.05, 0.1) is 12.1 Å². The predicted octanol–water partition coefficient (Wildman–Crippen LogP) is 2.50. The minimum absolute atomic E-state index is 0.0411. The molecule has 16 heavy (non-hydrogen) atoms. The molecule has 1 aliphatic carbocycles. The zero-order chi connectivity index (χ0) is 11.1. The van der Waals surface area contributed by atoms with Crippen LogP contribution in [0.15, 0.2) is 18.3 Å². The highest BCUT2D eigenvalue weighted by Gasteiger charge is 2.51. The Kier molecular flexibility index (Phi) is 2.36. The standard InChI is InChI=1S/C12H13ClN2O/c13-8-5-6-14-9(7-8)12(16)15-10-3-1-2-4-11(10)15/h5-7,10-11H,1-4H2/t10-,11-/m0/s1. The second-order valence-corrected chi connectivity index (χ2v) is 4.93. The molecule has 0 aromatic carbocycles. The van der Waals surface area contributed by atoms with Gasteiger partial charge in [0, 0.05) is 11.2 Å². The number of hydrogen-bond acceptors (Lipinski definition) is 2. The van der Waals surface area contributed by atoms with Gasteiger partial charge in [-0.25, -0.2) is 0 Å². The van der Waals surface area contributed by atoms with Crippen molar-refractivity contribution in [3.8, 4) is 0 Å². The number of amides is 1. The SMILES string of the molecule is O=C(c1cc(Cl)ccn1)N1[C@H]2CCCC[C@@H]21. The number of pyridine rings is 1. The molecule has 2 atom stereocenters. The van der Waals surface area contributed by atoms with E-state index in [0.717, 1.165) is 12.8 Å². The molecule has 2 heterocycles. The number of nitrogens with zero attached hydrogens (tertiary/aromatic N) is 2. The van der Waals surface area contributed by atoms with E-state index in [1.807, 2.05) is 4.90 Å². The smallest absolute Gasteiger partial charge is 0.273 e. The van der Waals surface area contributed by atoms with Crippen LogP contribution in [-0.2, 0) is 0 Å². The Bertz CT molecular complexity index is 423. The molecule has 1 saturated heterocycles. The number of hydrogen-bond donors (Lipinski definition) is 0. The van der Waals surface area contributed by atoms with E-state index in [4.69, 9.17) is 11.6 Å². The van der Waals surface area contributed by atoms with Gasteiger partial charge in [-0.05, 0) is 25.0 Å². The van der Waals surface area contributed by atoms with E-state index in [1.54, 1.807) is 18.3 Å². The molecular formula is C12H13ClN2O. The maximum absolute atomic E-state index is 12.1. The summed E-state index contributed by atoms with van der Waals surface area (Å²) in [5.41, 5.74) is 0.474. The minimum Gasteiger partial charge on any atom is -0.327 e. The lowest BCUT2D eigenvalue weighted by molar-refractivity contribution is 0.0859. The Balaban J connectivity index is 1.79. The average Bonchev–Trinajstić information content (AvgIpc) is 3.02. The van der Waals surface area contributed by atoms with Crippen LogP contribution in [0, 0.1) is 0 Å². The van der Waals surface area contributed by atoms with Crippen molar-refractivity contribution in [2.75, 3.05) is 0 Å². The van der Waals surface area contributed by atoms with Gasteiger partial charge in [-0.3, -0.25) is 9.78 Å². The highest BCUT2D eigenvalue weighted by Crippen LogP contribution is 2.41. The van der Waals surface area contributed by atoms with Gasteiger partial charge in [-0.1, -0.05) is 24.4 Å². The number of aromatic nitrogens is 1. The molecule has 3 rings (SSSR count). The third-order valence-corrected chi connectivity index (χ3v) is 3.73. The molecule has 2 fully saturated rings. The van der Waals surface area contributed by atoms with Crippen LogP contribution in [0.25, 0.3) is 0 Å². The van der Waals surface area contributed by atoms with Crippen molar-refractivity contribution in [3.05, 3.63) is 29.0 Å². The lowest BCUT2D eigenvalue weighted by atomic mass is 10.0. The topological polar surface area (TPSA) is 33.0 Å². The van der Waals surface area contributed by atoms with Gasteiger partial charge in [0.25, 0.3) is 5.91 Å². The largest absolute Gasteiger partial charge is 0.327 e. The average molecular weight is 237 g/mol. The molecule has 1 aromatic heterocycles. The molecular weight excluding hydrogens is 224 g/mol. The Morgan fingerprint density at radius 1 is 1.38 bits per heavy atom. The van der Waals surface area contributed by atoms with Crippen LogP contribution in [0.2, 0.25) is 5.02 Å². The Morgan fingerprint density at radius 2 is 2.06 bits per heavy atom. The summed E-state index contributed by atoms with van der Waals surface area (Å²) in [6.07, 6.45) is 6.37. The molecule has 84 valence electrons. The molecule has 3 nitrogen and oxygen atoms in total. The normalized spacial score (nSPS) is 27.4. The van der Waals surface area contributed by atoms with Crippen LogP contribution in [0.5, 0.6) is 0 Å². The van der Waals surface area contributed by atoms with Gasteiger partial charge < -0.3 is 4.90 Å². The fourth-order valence-corrected chi connectivity index (χ4v) is 2.82. The molecule has 0 radical (unpaired) electrons. The Morgan fingerprint density at radius 3 is 2.69 bits per heavy atom. The van der Waals surface area contributed by atoms with Gasteiger partial charge in [0.15, 0.2) is 0 Å². The van der Waals surface area contributed by atoms with Crippen LogP contribution in [0.1, 0.15) is 36.2 Å². The second kappa shape index (κ2) is 3.74. The fourth-order valence-electron chi connectivity index (χ4n) is 2.66. The molecule has 0 bridgehead atoms. The zero-order valence-electron chi connectivity index (χ0n) is 8.90. The molecule has 0 spiro atoms. The number of halogens is 1. The van der Waals surface area contributed by atoms with Crippen molar-refractivity contribution in [2.24, 2.45) is 0 Å². The van der Waals surface area contributed by atoms with E-state index >= 15 is 0 Å². The van der Waals surface area contributed by atoms with Crippen molar-refractivity contribution < 1.29 is 4.79 Å². The third-order valence-electron chi connectivity index (χ3n) is 3.49. The van der Waals surface area contributed by atoms with Crippen LogP contribution in [0.3, 0.4) is 0 Å². The van der Waals surface area contributed by atoms with Gasteiger partial charge in [-0.2, -0.15) is 0 Å². The summed E-state index contributed by atoms with van der Waals surface area (Å²) in [5, 5.41) is 0.572. The van der Waals surface area contributed by atoms with Gasteiger partial charge >= 0.3 is 0 Å². The Labute approximate surface area is 99.4 Å². The third kappa shape index (κ3) is 1.59. The van der Waals surface area contributed by atoms with Crippen LogP contribution in [0.4, 0.5) is 0 Å². The van der Waals surface area contributed by atoms with Crippen LogP contribution in [-0.4, -0.2) is 27.9 Å². The van der Waals surface area contributed by atoms with E-state index in [1.165, 1.54) is 12.8 Å². The van der Waals surface area contributed by atoms with Crippen molar-refractivity contribution >= 4 is 17.5 Å². The van der Waals surface area contributed by atoms with Gasteiger partial charge in [-0.15, -0.1) is 0 Å². The first-order valence-corrected chi connectivity index (χ1v) is 6.09. The van der Waals surface area contributed by atoms with E-state index < -0.39 is 0 Å². The van der Waals surface area contributed by atoms with Gasteiger partial charge in [0.1, 0.15) is 5.69 Å². The predicted molar refractivity (Wildman–Crippen MR) is 61.5 cm³/mol. The molecule has 1 aromatic rings. The van der Waals surface area contributed by atoms with E-state index in [-0.39, 0.29) is 5.91 Å². The van der Waals surface area contributed by atoms with Crippen molar-refractivity contribution in [2.45, 2.75) is 37.8 Å². The number of carbonyl (C=O) groups excluding carboxylic acids is 1. The number of likely N-dealkylation sites (tertiary alicyclic amines) is 1. The van der Waals surface area contributed by atoms with E-state index in [2.05, 4.69) is 4.98 Å². The molecule has 4 heteroatoms. The fraction of sp³-hybridized carbons (Fsp3) is 0.500. The zero-order valence-corrected chi connectivity index (χ0v) is 9.65. The van der Waals surface area contributed by atoms with E-state index in [0.29, 0.717) is 22.8 Å². The van der Waals surface area contributed by atoms with Crippen molar-refractivity contribution in [1.29, 1.82) is 0 Å². The number of carbonyl (C=O) groups is 1. The molecule has 1 aliphatic heterocycles. The van der Waals surface area contributed by atoms with Crippen molar-refractivity contribution in [1.82, 2.24) is 9.88 Å². The quantitative estimate of drug-likeness (QED) is 0.702. The first-order chi connectivity index (χ1) is 7.77. The number of rotatable bonds is 1. The lowest BCUT2D eigenvalue weighted by Crippen LogP contribution is -2.16. The monoisotopic (exact) mass is 236 g/mol.